The molecule has 5 heteroatoms. The van der Waals surface area contributed by atoms with Crippen LogP contribution in [-0.4, -0.2) is 23.2 Å². The van der Waals surface area contributed by atoms with Gasteiger partial charge in [-0.1, -0.05) is 11.6 Å². The molecule has 1 aromatic rings. The van der Waals surface area contributed by atoms with Crippen LogP contribution in [0.25, 0.3) is 0 Å². The minimum atomic E-state index is -0.338. The van der Waals surface area contributed by atoms with E-state index >= 15 is 0 Å². The lowest BCUT2D eigenvalue weighted by molar-refractivity contribution is 0.617. The first kappa shape index (κ1) is 9.09. The van der Waals surface area contributed by atoms with Crippen molar-refractivity contribution in [1.29, 1.82) is 0 Å². The van der Waals surface area contributed by atoms with Gasteiger partial charge in [0, 0.05) is 18.5 Å². The van der Waals surface area contributed by atoms with Crippen molar-refractivity contribution >= 4 is 29.2 Å². The summed E-state index contributed by atoms with van der Waals surface area (Å²) < 4.78 is 13.3. The van der Waals surface area contributed by atoms with Crippen molar-refractivity contribution in [1.82, 2.24) is 4.98 Å². The third kappa shape index (κ3) is 1.89. The molecule has 2 nitrogen and oxygen atoms in total. The fraction of sp³-hybridized carbons (Fsp3) is 0.375. The molecule has 0 atom stereocenters. The normalized spacial score (nSPS) is 16.6. The van der Waals surface area contributed by atoms with Gasteiger partial charge in [0.25, 0.3) is 0 Å². The van der Waals surface area contributed by atoms with Crippen LogP contribution >= 0.6 is 23.4 Å². The number of pyridine rings is 1. The van der Waals surface area contributed by atoms with Gasteiger partial charge in [-0.15, -0.1) is 11.8 Å². The van der Waals surface area contributed by atoms with Crippen molar-refractivity contribution in [2.24, 2.45) is 0 Å². The Morgan fingerprint density at radius 2 is 2.46 bits per heavy atom. The summed E-state index contributed by atoms with van der Waals surface area (Å²) in [7, 11) is 0. The highest BCUT2D eigenvalue weighted by atomic mass is 35.5. The fourth-order valence-corrected chi connectivity index (χ4v) is 2.32. The van der Waals surface area contributed by atoms with Crippen molar-refractivity contribution in [3.63, 3.8) is 0 Å². The number of halogens is 2. The lowest BCUT2D eigenvalue weighted by Crippen LogP contribution is -2.20. The quantitative estimate of drug-likeness (QED) is 0.720. The van der Waals surface area contributed by atoms with Crippen molar-refractivity contribution in [2.45, 2.75) is 0 Å². The van der Waals surface area contributed by atoms with Gasteiger partial charge in [-0.3, -0.25) is 0 Å². The number of rotatable bonds is 1. The Hall–Kier alpha value is -0.480. The number of anilines is 1. The molecule has 1 aromatic heterocycles. The van der Waals surface area contributed by atoms with Gasteiger partial charge in [0.2, 0.25) is 0 Å². The number of thioether (sulfide) groups is 1. The highest BCUT2D eigenvalue weighted by Gasteiger charge is 2.17. The zero-order valence-electron chi connectivity index (χ0n) is 6.83. The van der Waals surface area contributed by atoms with E-state index < -0.39 is 0 Å². The standard InChI is InChI=1S/C8H8ClFN2S/c9-6-3-7(10)8(11-4-6)12-1-2-13-5-12/h3-4H,1-2,5H2. The van der Waals surface area contributed by atoms with E-state index in [9.17, 15) is 4.39 Å². The second kappa shape index (κ2) is 3.72. The second-order valence-electron chi connectivity index (χ2n) is 2.76. The molecule has 0 N–H and O–H groups in total. The molecule has 1 aliphatic rings. The first-order chi connectivity index (χ1) is 6.27. The van der Waals surface area contributed by atoms with Crippen molar-refractivity contribution in [3.05, 3.63) is 23.1 Å². The topological polar surface area (TPSA) is 16.1 Å². The maximum Gasteiger partial charge on any atom is 0.167 e. The Morgan fingerprint density at radius 1 is 1.62 bits per heavy atom. The lowest BCUT2D eigenvalue weighted by Gasteiger charge is -2.15. The van der Waals surface area contributed by atoms with Gasteiger partial charge in [-0.25, -0.2) is 9.37 Å². The molecule has 1 saturated heterocycles. The molecule has 1 aliphatic heterocycles. The minimum Gasteiger partial charge on any atom is -0.344 e. The van der Waals surface area contributed by atoms with E-state index in [4.69, 9.17) is 11.6 Å². The molecule has 0 spiro atoms. The van der Waals surface area contributed by atoms with Crippen LogP contribution in [0.3, 0.4) is 0 Å². The van der Waals surface area contributed by atoms with E-state index in [-0.39, 0.29) is 5.82 Å². The largest absolute Gasteiger partial charge is 0.344 e. The fourth-order valence-electron chi connectivity index (χ4n) is 1.22. The monoisotopic (exact) mass is 218 g/mol. The molecule has 0 radical (unpaired) electrons. The number of hydrogen-bond acceptors (Lipinski definition) is 3. The van der Waals surface area contributed by atoms with E-state index in [0.717, 1.165) is 18.2 Å². The molecular formula is C8H8ClFN2S. The average Bonchev–Trinajstić information content (AvgIpc) is 2.56. The Bertz CT molecular complexity index is 315. The van der Waals surface area contributed by atoms with Crippen LogP contribution in [-0.2, 0) is 0 Å². The van der Waals surface area contributed by atoms with E-state index in [1.54, 1.807) is 11.8 Å². The van der Waals surface area contributed by atoms with Crippen LogP contribution in [0.1, 0.15) is 0 Å². The van der Waals surface area contributed by atoms with Crippen LogP contribution in [0.5, 0.6) is 0 Å². The minimum absolute atomic E-state index is 0.338. The van der Waals surface area contributed by atoms with Crippen LogP contribution in [0.15, 0.2) is 12.3 Å². The average molecular weight is 219 g/mol. The molecule has 2 rings (SSSR count). The van der Waals surface area contributed by atoms with Crippen LogP contribution < -0.4 is 4.90 Å². The third-order valence-corrected chi connectivity index (χ3v) is 3.01. The molecule has 0 amide bonds. The summed E-state index contributed by atoms with van der Waals surface area (Å²) in [6.07, 6.45) is 1.48. The zero-order chi connectivity index (χ0) is 9.26. The second-order valence-corrected chi connectivity index (χ2v) is 4.27. The Balaban J connectivity index is 2.29. The maximum atomic E-state index is 13.3. The van der Waals surface area contributed by atoms with E-state index in [0.29, 0.717) is 10.8 Å². The van der Waals surface area contributed by atoms with E-state index in [2.05, 4.69) is 4.98 Å². The van der Waals surface area contributed by atoms with Crippen molar-refractivity contribution < 1.29 is 4.39 Å². The maximum absolute atomic E-state index is 13.3. The Kier molecular flexibility index (Phi) is 2.60. The summed E-state index contributed by atoms with van der Waals surface area (Å²) in [6.45, 7) is 0.857. The Morgan fingerprint density at radius 3 is 3.08 bits per heavy atom. The molecule has 0 aliphatic carbocycles. The third-order valence-electron chi connectivity index (χ3n) is 1.84. The summed E-state index contributed by atoms with van der Waals surface area (Å²) in [5.74, 6) is 1.92. The highest BCUT2D eigenvalue weighted by Crippen LogP contribution is 2.24. The van der Waals surface area contributed by atoms with Gasteiger partial charge in [0.15, 0.2) is 11.6 Å². The molecule has 13 heavy (non-hydrogen) atoms. The van der Waals surface area contributed by atoms with Crippen LogP contribution in [0.4, 0.5) is 10.2 Å². The number of nitrogens with zero attached hydrogens (tertiary/aromatic N) is 2. The summed E-state index contributed by atoms with van der Waals surface area (Å²) in [5.41, 5.74) is 0. The molecule has 70 valence electrons. The molecule has 2 heterocycles. The smallest absolute Gasteiger partial charge is 0.167 e. The predicted molar refractivity (Wildman–Crippen MR) is 53.9 cm³/mol. The zero-order valence-corrected chi connectivity index (χ0v) is 8.41. The summed E-state index contributed by atoms with van der Waals surface area (Å²) in [5, 5.41) is 0.341. The first-order valence-electron chi connectivity index (χ1n) is 3.91. The molecule has 0 saturated carbocycles. The molecule has 0 aromatic carbocycles. The molecule has 0 bridgehead atoms. The van der Waals surface area contributed by atoms with Crippen molar-refractivity contribution in [3.8, 4) is 0 Å². The summed E-state index contributed by atoms with van der Waals surface area (Å²) >= 11 is 7.37. The number of aromatic nitrogens is 1. The lowest BCUT2D eigenvalue weighted by atomic mass is 10.4. The summed E-state index contributed by atoms with van der Waals surface area (Å²) in [4.78, 5) is 5.88. The summed E-state index contributed by atoms with van der Waals surface area (Å²) in [6, 6.07) is 1.30. The van der Waals surface area contributed by atoms with Crippen LogP contribution in [0.2, 0.25) is 5.02 Å². The van der Waals surface area contributed by atoms with Gasteiger partial charge >= 0.3 is 0 Å². The molecule has 0 unspecified atom stereocenters. The first-order valence-corrected chi connectivity index (χ1v) is 5.44. The van der Waals surface area contributed by atoms with Gasteiger partial charge in [-0.05, 0) is 6.07 Å². The van der Waals surface area contributed by atoms with E-state index in [1.807, 2.05) is 4.90 Å². The van der Waals surface area contributed by atoms with Gasteiger partial charge in [0.1, 0.15) is 0 Å². The van der Waals surface area contributed by atoms with Crippen LogP contribution in [0, 0.1) is 5.82 Å². The number of hydrogen-bond donors (Lipinski definition) is 0. The van der Waals surface area contributed by atoms with Crippen molar-refractivity contribution in [2.75, 3.05) is 23.1 Å². The van der Waals surface area contributed by atoms with Gasteiger partial charge in [-0.2, -0.15) is 0 Å². The van der Waals surface area contributed by atoms with E-state index in [1.165, 1.54) is 12.3 Å². The predicted octanol–water partition coefficient (Wildman–Crippen LogP) is 2.38. The highest BCUT2D eigenvalue weighted by molar-refractivity contribution is 7.99. The molecular weight excluding hydrogens is 211 g/mol. The van der Waals surface area contributed by atoms with Gasteiger partial charge in [0.05, 0.1) is 10.9 Å². The Labute approximate surface area is 85.1 Å². The molecule has 1 fully saturated rings. The van der Waals surface area contributed by atoms with Gasteiger partial charge < -0.3 is 4.90 Å². The SMILES string of the molecule is Fc1cc(Cl)cnc1N1CCSC1.